The van der Waals surface area contributed by atoms with Gasteiger partial charge in [0.25, 0.3) is 0 Å². The van der Waals surface area contributed by atoms with E-state index in [1.807, 2.05) is 12.1 Å². The normalized spacial score (nSPS) is 10.9. The molecule has 1 N–H and O–H groups in total. The smallest absolute Gasteiger partial charge is 0.420 e. The molecule has 0 saturated heterocycles. The number of nitrogens with one attached hydrogen (secondary N) is 1. The Bertz CT molecular complexity index is 1110. The second-order valence-electron chi connectivity index (χ2n) is 5.69. The maximum Gasteiger partial charge on any atom is 0.420 e. The van der Waals surface area contributed by atoms with Crippen LogP contribution in [0.1, 0.15) is 5.56 Å². The van der Waals surface area contributed by atoms with E-state index in [4.69, 9.17) is 8.83 Å². The zero-order valence-corrected chi connectivity index (χ0v) is 13.7. The van der Waals surface area contributed by atoms with Gasteiger partial charge in [-0.1, -0.05) is 18.2 Å². The molecule has 4 rings (SSSR count). The Kier molecular flexibility index (Phi) is 4.10. The summed E-state index contributed by atoms with van der Waals surface area (Å²) in [6.45, 7) is 0.152. The number of nitrogens with zero attached hydrogens (tertiary/aromatic N) is 2. The highest BCUT2D eigenvalue weighted by Crippen LogP contribution is 2.21. The average molecular weight is 349 g/mol. The number of rotatable bonds is 5. The summed E-state index contributed by atoms with van der Waals surface area (Å²) in [7, 11) is 0. The van der Waals surface area contributed by atoms with Crippen LogP contribution in [0.15, 0.2) is 74.6 Å². The van der Waals surface area contributed by atoms with Gasteiger partial charge in [0.15, 0.2) is 11.3 Å². The zero-order valence-electron chi connectivity index (χ0n) is 13.7. The van der Waals surface area contributed by atoms with Gasteiger partial charge in [0.05, 0.1) is 11.8 Å². The third-order valence-electron chi connectivity index (χ3n) is 4.00. The lowest BCUT2D eigenvalue weighted by molar-refractivity contribution is -0.121. The first-order valence-electron chi connectivity index (χ1n) is 8.05. The summed E-state index contributed by atoms with van der Waals surface area (Å²) in [5, 5.41) is 2.81. The van der Waals surface area contributed by atoms with Gasteiger partial charge in [-0.25, -0.2) is 4.79 Å². The molecular formula is C19H15N3O4. The summed E-state index contributed by atoms with van der Waals surface area (Å²) in [4.78, 5) is 28.6. The molecule has 7 nitrogen and oxygen atoms in total. The lowest BCUT2D eigenvalue weighted by Gasteiger charge is -2.08. The van der Waals surface area contributed by atoms with E-state index in [2.05, 4.69) is 10.3 Å². The minimum Gasteiger partial charge on any atom is -0.463 e. The second-order valence-corrected chi connectivity index (χ2v) is 5.69. The van der Waals surface area contributed by atoms with Gasteiger partial charge in [0.1, 0.15) is 12.2 Å². The molecule has 0 aliphatic carbocycles. The van der Waals surface area contributed by atoms with Crippen molar-refractivity contribution >= 4 is 17.0 Å². The fourth-order valence-corrected chi connectivity index (χ4v) is 2.77. The highest BCUT2D eigenvalue weighted by Gasteiger charge is 2.13. The Morgan fingerprint density at radius 3 is 2.85 bits per heavy atom. The fraction of sp³-hybridized carbons (Fsp3) is 0.105. The number of para-hydroxylation sites is 2. The van der Waals surface area contributed by atoms with E-state index in [0.29, 0.717) is 22.6 Å². The molecule has 0 atom stereocenters. The molecule has 1 aromatic carbocycles. The van der Waals surface area contributed by atoms with Crippen molar-refractivity contribution in [3.63, 3.8) is 0 Å². The third-order valence-corrected chi connectivity index (χ3v) is 4.00. The van der Waals surface area contributed by atoms with Crippen LogP contribution in [0, 0.1) is 0 Å². The number of benzene rings is 1. The van der Waals surface area contributed by atoms with Crippen LogP contribution in [0.3, 0.4) is 0 Å². The molecule has 0 fully saturated rings. The van der Waals surface area contributed by atoms with E-state index in [9.17, 15) is 9.59 Å². The predicted octanol–water partition coefficient (Wildman–Crippen LogP) is 2.57. The number of hydrogen-bond donors (Lipinski definition) is 1. The Morgan fingerprint density at radius 2 is 2.00 bits per heavy atom. The quantitative estimate of drug-likeness (QED) is 0.598. The van der Waals surface area contributed by atoms with Crippen molar-refractivity contribution in [3.05, 3.63) is 77.1 Å². The van der Waals surface area contributed by atoms with Crippen LogP contribution in [0.5, 0.6) is 0 Å². The molecule has 0 aliphatic heterocycles. The lowest BCUT2D eigenvalue weighted by Crippen LogP contribution is -2.30. The highest BCUT2D eigenvalue weighted by molar-refractivity contribution is 5.79. The molecule has 0 spiro atoms. The van der Waals surface area contributed by atoms with Gasteiger partial charge >= 0.3 is 5.76 Å². The van der Waals surface area contributed by atoms with Gasteiger partial charge < -0.3 is 14.2 Å². The minimum atomic E-state index is -0.556. The number of aromatic nitrogens is 2. The third kappa shape index (κ3) is 3.02. The van der Waals surface area contributed by atoms with Crippen LogP contribution in [0.2, 0.25) is 0 Å². The number of carbonyl (C=O) groups is 1. The van der Waals surface area contributed by atoms with Crippen molar-refractivity contribution in [1.82, 2.24) is 14.9 Å². The molecule has 0 unspecified atom stereocenters. The summed E-state index contributed by atoms with van der Waals surface area (Å²) < 4.78 is 11.8. The summed E-state index contributed by atoms with van der Waals surface area (Å²) in [5.74, 6) is -0.223. The number of pyridine rings is 1. The van der Waals surface area contributed by atoms with Crippen molar-refractivity contribution < 1.29 is 13.6 Å². The van der Waals surface area contributed by atoms with Crippen molar-refractivity contribution in [2.24, 2.45) is 0 Å². The molecule has 1 amide bonds. The summed E-state index contributed by atoms with van der Waals surface area (Å²) >= 11 is 0. The second kappa shape index (κ2) is 6.72. The number of oxazole rings is 1. The van der Waals surface area contributed by atoms with Crippen molar-refractivity contribution in [2.75, 3.05) is 0 Å². The van der Waals surface area contributed by atoms with Gasteiger partial charge in [-0.2, -0.15) is 0 Å². The molecule has 0 radical (unpaired) electrons. The molecule has 7 heteroatoms. The maximum atomic E-state index is 12.3. The Labute approximate surface area is 147 Å². The van der Waals surface area contributed by atoms with Crippen LogP contribution in [0.25, 0.3) is 22.6 Å². The number of fused-ring (bicyclic) bond motifs is 1. The first-order chi connectivity index (χ1) is 12.7. The van der Waals surface area contributed by atoms with Gasteiger partial charge in [-0.15, -0.1) is 0 Å². The van der Waals surface area contributed by atoms with Crippen molar-refractivity contribution in [1.29, 1.82) is 0 Å². The molecule has 0 bridgehead atoms. The van der Waals surface area contributed by atoms with Crippen LogP contribution in [-0.2, 0) is 17.9 Å². The highest BCUT2D eigenvalue weighted by atomic mass is 16.4. The molecule has 4 aromatic rings. The van der Waals surface area contributed by atoms with E-state index in [0.717, 1.165) is 5.56 Å². The Hall–Kier alpha value is -3.61. The SMILES string of the molecule is O=C(Cn1c(=O)oc2ccccc21)NCc1cccnc1-c1ccco1. The summed E-state index contributed by atoms with van der Waals surface area (Å²) in [6.07, 6.45) is 3.24. The number of carbonyl (C=O) groups excluding carboxylic acids is 1. The summed E-state index contributed by atoms with van der Waals surface area (Å²) in [6, 6.07) is 14.2. The largest absolute Gasteiger partial charge is 0.463 e. The molecule has 3 aromatic heterocycles. The van der Waals surface area contributed by atoms with Gasteiger partial charge in [-0.05, 0) is 30.3 Å². The predicted molar refractivity (Wildman–Crippen MR) is 94.3 cm³/mol. The van der Waals surface area contributed by atoms with Gasteiger partial charge in [-0.3, -0.25) is 14.3 Å². The van der Waals surface area contributed by atoms with E-state index in [-0.39, 0.29) is 19.0 Å². The first-order valence-corrected chi connectivity index (χ1v) is 8.05. The molecule has 0 saturated carbocycles. The standard InChI is InChI=1S/C19H15N3O4/c23-17(12-22-14-6-1-2-7-15(14)26-19(22)24)21-11-13-5-3-9-20-18(13)16-8-4-10-25-16/h1-10H,11-12H2,(H,21,23). The van der Waals surface area contributed by atoms with Crippen LogP contribution < -0.4 is 11.1 Å². The summed E-state index contributed by atoms with van der Waals surface area (Å²) in [5.41, 5.74) is 2.53. The van der Waals surface area contributed by atoms with E-state index >= 15 is 0 Å². The average Bonchev–Trinajstić information content (AvgIpc) is 3.29. The maximum absolute atomic E-state index is 12.3. The van der Waals surface area contributed by atoms with Gasteiger partial charge in [0.2, 0.25) is 5.91 Å². The Morgan fingerprint density at radius 1 is 1.12 bits per heavy atom. The topological polar surface area (TPSA) is 90.3 Å². The van der Waals surface area contributed by atoms with Gasteiger partial charge in [0, 0.05) is 18.3 Å². The molecular weight excluding hydrogens is 334 g/mol. The number of hydrogen-bond acceptors (Lipinski definition) is 5. The van der Waals surface area contributed by atoms with Crippen LogP contribution in [-0.4, -0.2) is 15.5 Å². The monoisotopic (exact) mass is 349 g/mol. The molecule has 130 valence electrons. The molecule has 26 heavy (non-hydrogen) atoms. The van der Waals surface area contributed by atoms with Crippen LogP contribution >= 0.6 is 0 Å². The van der Waals surface area contributed by atoms with E-state index in [1.165, 1.54) is 4.57 Å². The van der Waals surface area contributed by atoms with E-state index in [1.54, 1.807) is 48.9 Å². The Balaban J connectivity index is 1.50. The molecule has 3 heterocycles. The minimum absolute atomic E-state index is 0.119. The zero-order chi connectivity index (χ0) is 17.9. The van der Waals surface area contributed by atoms with Crippen LogP contribution in [0.4, 0.5) is 0 Å². The van der Waals surface area contributed by atoms with Crippen molar-refractivity contribution in [3.8, 4) is 11.5 Å². The van der Waals surface area contributed by atoms with E-state index < -0.39 is 5.76 Å². The lowest BCUT2D eigenvalue weighted by atomic mass is 10.1. The number of amides is 1. The first kappa shape index (κ1) is 15.9. The number of furan rings is 1. The van der Waals surface area contributed by atoms with Crippen molar-refractivity contribution in [2.45, 2.75) is 13.1 Å². The molecule has 0 aliphatic rings. The fourth-order valence-electron chi connectivity index (χ4n) is 2.77.